The van der Waals surface area contributed by atoms with E-state index < -0.39 is 0 Å². The fraction of sp³-hybridized carbons (Fsp3) is 0.114. The summed E-state index contributed by atoms with van der Waals surface area (Å²) >= 11 is 0. The topological polar surface area (TPSA) is 64.5 Å². The van der Waals surface area contributed by atoms with Gasteiger partial charge in [0, 0.05) is 46.1 Å². The van der Waals surface area contributed by atoms with Crippen molar-refractivity contribution in [1.82, 2.24) is 24.9 Å². The maximum Gasteiger partial charge on any atom is 0.164 e. The quantitative estimate of drug-likeness (QED) is 0.163. The van der Waals surface area contributed by atoms with Crippen LogP contribution in [0.3, 0.4) is 0 Å². The fourth-order valence-corrected chi connectivity index (χ4v) is 6.49. The Morgan fingerprint density at radius 3 is 1.49 bits per heavy atom. The zero-order chi connectivity index (χ0) is 33.0. The Bertz CT molecular complexity index is 2150. The molecule has 0 radical (unpaired) electrons. The molecule has 236 valence electrons. The van der Waals surface area contributed by atoms with Crippen molar-refractivity contribution in [1.29, 1.82) is 0 Å². The van der Waals surface area contributed by atoms with Crippen molar-refractivity contribution in [2.45, 2.75) is 25.7 Å². The normalized spacial score (nSPS) is 15.6. The SMILES string of the molecule is CC1C=CC(c2cc(-c3ccccc3)cc(-c3nc(-c4cccc(-c5ccccn5)c4)nc(-c4cccc(-c5ccccn5)c4)n3)c2)CC1. The van der Waals surface area contributed by atoms with E-state index in [0.29, 0.717) is 29.3 Å². The van der Waals surface area contributed by atoms with E-state index in [1.807, 2.05) is 60.9 Å². The van der Waals surface area contributed by atoms with Gasteiger partial charge in [-0.25, -0.2) is 15.0 Å². The van der Waals surface area contributed by atoms with Crippen LogP contribution in [-0.4, -0.2) is 24.9 Å². The highest BCUT2D eigenvalue weighted by atomic mass is 15.0. The van der Waals surface area contributed by atoms with E-state index in [0.717, 1.165) is 51.2 Å². The summed E-state index contributed by atoms with van der Waals surface area (Å²) in [6.45, 7) is 2.29. The molecule has 1 aliphatic rings. The van der Waals surface area contributed by atoms with Crippen LogP contribution in [0.5, 0.6) is 0 Å². The number of aromatic nitrogens is 5. The molecule has 1 aliphatic carbocycles. The van der Waals surface area contributed by atoms with Crippen LogP contribution in [0.2, 0.25) is 0 Å². The zero-order valence-electron chi connectivity index (χ0n) is 27.3. The third kappa shape index (κ3) is 6.69. The summed E-state index contributed by atoms with van der Waals surface area (Å²) in [5.41, 5.74) is 10.2. The third-order valence-corrected chi connectivity index (χ3v) is 9.15. The highest BCUT2D eigenvalue weighted by Crippen LogP contribution is 2.36. The molecular formula is C44H35N5. The molecule has 5 heteroatoms. The van der Waals surface area contributed by atoms with Gasteiger partial charge in [-0.1, -0.05) is 104 Å². The van der Waals surface area contributed by atoms with Gasteiger partial charge in [-0.05, 0) is 84.0 Å². The first kappa shape index (κ1) is 30.3. The highest BCUT2D eigenvalue weighted by molar-refractivity contribution is 5.76. The van der Waals surface area contributed by atoms with Gasteiger partial charge in [-0.2, -0.15) is 0 Å². The van der Waals surface area contributed by atoms with Crippen molar-refractivity contribution < 1.29 is 0 Å². The zero-order valence-corrected chi connectivity index (χ0v) is 27.3. The van der Waals surface area contributed by atoms with Crippen molar-refractivity contribution in [3.63, 3.8) is 0 Å². The van der Waals surface area contributed by atoms with Crippen LogP contribution in [0.4, 0.5) is 0 Å². The summed E-state index contributed by atoms with van der Waals surface area (Å²) in [4.78, 5) is 24.6. The van der Waals surface area contributed by atoms with Gasteiger partial charge in [-0.3, -0.25) is 9.97 Å². The summed E-state index contributed by atoms with van der Waals surface area (Å²) in [5, 5.41) is 0. The average Bonchev–Trinajstić information content (AvgIpc) is 3.19. The molecule has 0 aliphatic heterocycles. The number of hydrogen-bond acceptors (Lipinski definition) is 5. The van der Waals surface area contributed by atoms with Gasteiger partial charge in [0.1, 0.15) is 0 Å². The monoisotopic (exact) mass is 633 g/mol. The van der Waals surface area contributed by atoms with Crippen LogP contribution >= 0.6 is 0 Å². The molecule has 0 spiro atoms. The first-order valence-electron chi connectivity index (χ1n) is 16.9. The molecule has 2 atom stereocenters. The molecule has 0 N–H and O–H groups in total. The second kappa shape index (κ2) is 13.6. The molecule has 0 bridgehead atoms. The Kier molecular flexibility index (Phi) is 8.39. The second-order valence-electron chi connectivity index (χ2n) is 12.7. The van der Waals surface area contributed by atoms with E-state index in [1.165, 1.54) is 17.5 Å². The summed E-state index contributed by atoms with van der Waals surface area (Å²) in [5.74, 6) is 2.80. The van der Waals surface area contributed by atoms with Crippen molar-refractivity contribution in [3.05, 3.63) is 164 Å². The molecule has 4 aromatic carbocycles. The minimum atomic E-state index is 0.337. The van der Waals surface area contributed by atoms with Gasteiger partial charge in [-0.15, -0.1) is 0 Å². The lowest BCUT2D eigenvalue weighted by Crippen LogP contribution is -2.06. The van der Waals surface area contributed by atoms with Crippen LogP contribution in [0.1, 0.15) is 31.2 Å². The Labute approximate surface area is 287 Å². The van der Waals surface area contributed by atoms with Crippen molar-refractivity contribution in [3.8, 4) is 67.8 Å². The number of nitrogens with zero attached hydrogens (tertiary/aromatic N) is 5. The molecule has 3 aromatic heterocycles. The Balaban J connectivity index is 1.31. The molecule has 5 nitrogen and oxygen atoms in total. The lowest BCUT2D eigenvalue weighted by Gasteiger charge is -2.22. The predicted molar refractivity (Wildman–Crippen MR) is 198 cm³/mol. The second-order valence-corrected chi connectivity index (χ2v) is 12.7. The summed E-state index contributed by atoms with van der Waals surface area (Å²) in [6.07, 6.45) is 10.6. The van der Waals surface area contributed by atoms with Gasteiger partial charge in [0.05, 0.1) is 11.4 Å². The first-order valence-corrected chi connectivity index (χ1v) is 16.9. The number of pyridine rings is 2. The van der Waals surface area contributed by atoms with Crippen LogP contribution in [-0.2, 0) is 0 Å². The van der Waals surface area contributed by atoms with Gasteiger partial charge in [0.25, 0.3) is 0 Å². The van der Waals surface area contributed by atoms with Crippen molar-refractivity contribution in [2.24, 2.45) is 5.92 Å². The lowest BCUT2D eigenvalue weighted by molar-refractivity contribution is 0.546. The summed E-state index contributed by atoms with van der Waals surface area (Å²) in [6, 6.07) is 45.8. The van der Waals surface area contributed by atoms with Gasteiger partial charge < -0.3 is 0 Å². The molecule has 0 saturated heterocycles. The molecule has 2 unspecified atom stereocenters. The molecule has 3 heterocycles. The number of rotatable bonds is 7. The van der Waals surface area contributed by atoms with Crippen LogP contribution in [0, 0.1) is 5.92 Å². The number of allylic oxidation sites excluding steroid dienone is 2. The molecular weight excluding hydrogens is 599 g/mol. The molecule has 0 amide bonds. The third-order valence-electron chi connectivity index (χ3n) is 9.15. The number of hydrogen-bond donors (Lipinski definition) is 0. The maximum atomic E-state index is 5.17. The molecule has 8 rings (SSSR count). The van der Waals surface area contributed by atoms with Crippen LogP contribution < -0.4 is 0 Å². The minimum Gasteiger partial charge on any atom is -0.256 e. The minimum absolute atomic E-state index is 0.337. The molecule has 49 heavy (non-hydrogen) atoms. The van der Waals surface area contributed by atoms with Gasteiger partial charge in [0.2, 0.25) is 0 Å². The molecule has 0 fully saturated rings. The van der Waals surface area contributed by atoms with Crippen molar-refractivity contribution in [2.75, 3.05) is 0 Å². The standard InChI is InChI=1S/C44H35N5/c1-30-19-21-32(22-20-30)38-27-37(31-11-3-2-4-12-31)28-39(29-38)44-48-42(35-15-9-13-33(25-35)40-17-5-7-23-45-40)47-43(49-44)36-16-10-14-34(26-36)41-18-6-8-24-46-41/h2-19,21,23-30,32H,20,22H2,1H3. The first-order chi connectivity index (χ1) is 24.2. The number of benzene rings is 4. The van der Waals surface area contributed by atoms with E-state index >= 15 is 0 Å². The van der Waals surface area contributed by atoms with E-state index in [1.54, 1.807) is 0 Å². The highest BCUT2D eigenvalue weighted by Gasteiger charge is 2.19. The lowest BCUT2D eigenvalue weighted by atomic mass is 9.83. The predicted octanol–water partition coefficient (Wildman–Crippen LogP) is 10.7. The Hall–Kier alpha value is -6.07. The molecule has 0 saturated carbocycles. The Morgan fingerprint density at radius 1 is 0.429 bits per heavy atom. The van der Waals surface area contributed by atoms with E-state index in [2.05, 4.69) is 114 Å². The van der Waals surface area contributed by atoms with Crippen LogP contribution in [0.15, 0.2) is 158 Å². The van der Waals surface area contributed by atoms with E-state index in [4.69, 9.17) is 15.0 Å². The smallest absolute Gasteiger partial charge is 0.164 e. The fourth-order valence-electron chi connectivity index (χ4n) is 6.49. The van der Waals surface area contributed by atoms with Gasteiger partial charge in [0.15, 0.2) is 17.5 Å². The molecule has 7 aromatic rings. The largest absolute Gasteiger partial charge is 0.256 e. The van der Waals surface area contributed by atoms with E-state index in [9.17, 15) is 0 Å². The van der Waals surface area contributed by atoms with Crippen molar-refractivity contribution >= 4 is 0 Å². The summed E-state index contributed by atoms with van der Waals surface area (Å²) < 4.78 is 0. The average molecular weight is 634 g/mol. The van der Waals surface area contributed by atoms with E-state index in [-0.39, 0.29) is 0 Å². The Morgan fingerprint density at radius 2 is 0.939 bits per heavy atom. The van der Waals surface area contributed by atoms with Crippen LogP contribution in [0.25, 0.3) is 67.8 Å². The maximum absolute atomic E-state index is 5.17. The summed E-state index contributed by atoms with van der Waals surface area (Å²) in [7, 11) is 0. The van der Waals surface area contributed by atoms with Gasteiger partial charge >= 0.3 is 0 Å².